The summed E-state index contributed by atoms with van der Waals surface area (Å²) in [5.74, 6) is 2.12. The summed E-state index contributed by atoms with van der Waals surface area (Å²) in [6, 6.07) is 16.9. The molecule has 3 rings (SSSR count). The van der Waals surface area contributed by atoms with Gasteiger partial charge in [0.05, 0.1) is 6.10 Å². The Balaban J connectivity index is 1.54. The molecule has 6 heteroatoms. The van der Waals surface area contributed by atoms with E-state index in [0.29, 0.717) is 19.1 Å². The summed E-state index contributed by atoms with van der Waals surface area (Å²) in [5, 5.41) is 6.94. The lowest BCUT2D eigenvalue weighted by Crippen LogP contribution is -2.41. The smallest absolute Gasteiger partial charge is 0.191 e. The van der Waals surface area contributed by atoms with Crippen molar-refractivity contribution in [1.82, 2.24) is 15.5 Å². The fraction of sp³-hybridized carbons (Fsp3) is 0.500. The van der Waals surface area contributed by atoms with Gasteiger partial charge in [0.2, 0.25) is 0 Å². The highest BCUT2D eigenvalue weighted by Gasteiger charge is 2.27. The number of hydrogen-bond acceptors (Lipinski definition) is 4. The van der Waals surface area contributed by atoms with E-state index in [1.807, 2.05) is 39.3 Å². The molecule has 2 atom stereocenters. The second-order valence-electron chi connectivity index (χ2n) is 8.67. The largest absolute Gasteiger partial charge is 0.492 e. The first-order valence-electron chi connectivity index (χ1n) is 11.5. The topological polar surface area (TPSA) is 58.1 Å². The van der Waals surface area contributed by atoms with Crippen molar-refractivity contribution in [3.8, 4) is 5.75 Å². The molecule has 2 unspecified atom stereocenters. The summed E-state index contributed by atoms with van der Waals surface area (Å²) in [5.41, 5.74) is 3.65. The van der Waals surface area contributed by atoms with E-state index in [4.69, 9.17) is 9.47 Å². The Hall–Kier alpha value is -2.57. The maximum absolute atomic E-state index is 6.16. The Bertz CT molecular complexity index is 851. The van der Waals surface area contributed by atoms with Crippen LogP contribution in [0.4, 0.5) is 0 Å². The van der Waals surface area contributed by atoms with Crippen LogP contribution < -0.4 is 15.4 Å². The molecule has 1 saturated heterocycles. The van der Waals surface area contributed by atoms with Crippen LogP contribution in [0, 0.1) is 12.8 Å². The standard InChI is InChI=1S/C26H38N4O2/c1-20-11-13-21(14-12-20)25-23(9-7-16-32-25)19-29-26(27-2)28-18-22-8-5-6-10-24(22)31-17-15-30(3)4/h5-6,8,10-14,23,25H,7,9,15-19H2,1-4H3,(H2,27,28,29). The number of aryl methyl sites for hydroxylation is 1. The van der Waals surface area contributed by atoms with E-state index in [1.54, 1.807) is 0 Å². The van der Waals surface area contributed by atoms with E-state index in [9.17, 15) is 0 Å². The fourth-order valence-electron chi connectivity index (χ4n) is 3.93. The van der Waals surface area contributed by atoms with Gasteiger partial charge in [0.25, 0.3) is 0 Å². The van der Waals surface area contributed by atoms with E-state index < -0.39 is 0 Å². The van der Waals surface area contributed by atoms with E-state index in [-0.39, 0.29) is 6.10 Å². The predicted octanol–water partition coefficient (Wildman–Crippen LogP) is 3.77. The van der Waals surface area contributed by atoms with Crippen LogP contribution in [-0.2, 0) is 11.3 Å². The van der Waals surface area contributed by atoms with Crippen molar-refractivity contribution in [3.05, 3.63) is 65.2 Å². The Morgan fingerprint density at radius 2 is 1.91 bits per heavy atom. The molecule has 1 fully saturated rings. The van der Waals surface area contributed by atoms with Crippen molar-refractivity contribution in [2.45, 2.75) is 32.4 Å². The van der Waals surface area contributed by atoms with Gasteiger partial charge in [-0.15, -0.1) is 0 Å². The van der Waals surface area contributed by atoms with Crippen LogP contribution in [0.1, 0.15) is 35.6 Å². The normalized spacial score (nSPS) is 19.1. The molecule has 0 amide bonds. The summed E-state index contributed by atoms with van der Waals surface area (Å²) in [6.45, 7) is 5.97. The zero-order chi connectivity index (χ0) is 22.8. The molecule has 2 aromatic rings. The number of aliphatic imine (C=N–C) groups is 1. The summed E-state index contributed by atoms with van der Waals surface area (Å²) in [7, 11) is 5.91. The number of hydrogen-bond donors (Lipinski definition) is 2. The average molecular weight is 439 g/mol. The first kappa shape index (κ1) is 24.1. The number of para-hydroxylation sites is 1. The third-order valence-corrected chi connectivity index (χ3v) is 5.82. The Labute approximate surface area is 193 Å². The Kier molecular flexibility index (Phi) is 9.38. The lowest BCUT2D eigenvalue weighted by molar-refractivity contribution is -0.0265. The molecule has 0 spiro atoms. The van der Waals surface area contributed by atoms with Crippen LogP contribution in [0.3, 0.4) is 0 Å². The number of nitrogens with one attached hydrogen (secondary N) is 2. The highest BCUT2D eigenvalue weighted by atomic mass is 16.5. The third kappa shape index (κ3) is 7.24. The second kappa shape index (κ2) is 12.5. The van der Waals surface area contributed by atoms with Crippen molar-refractivity contribution < 1.29 is 9.47 Å². The minimum atomic E-state index is 0.126. The van der Waals surface area contributed by atoms with E-state index in [0.717, 1.165) is 49.8 Å². The molecule has 0 aliphatic carbocycles. The van der Waals surface area contributed by atoms with Crippen molar-refractivity contribution in [2.24, 2.45) is 10.9 Å². The highest BCUT2D eigenvalue weighted by molar-refractivity contribution is 5.79. The minimum Gasteiger partial charge on any atom is -0.492 e. The number of likely N-dealkylation sites (N-methyl/N-ethyl adjacent to an activating group) is 1. The number of rotatable bonds is 9. The fourth-order valence-corrected chi connectivity index (χ4v) is 3.93. The van der Waals surface area contributed by atoms with Gasteiger partial charge in [-0.05, 0) is 45.5 Å². The Morgan fingerprint density at radius 3 is 2.66 bits per heavy atom. The number of ether oxygens (including phenoxy) is 2. The van der Waals surface area contributed by atoms with Gasteiger partial charge >= 0.3 is 0 Å². The van der Waals surface area contributed by atoms with Gasteiger partial charge in [-0.25, -0.2) is 0 Å². The summed E-state index contributed by atoms with van der Waals surface area (Å²) < 4.78 is 12.1. The Morgan fingerprint density at radius 1 is 1.12 bits per heavy atom. The maximum Gasteiger partial charge on any atom is 0.191 e. The summed E-state index contributed by atoms with van der Waals surface area (Å²) in [4.78, 5) is 6.53. The zero-order valence-electron chi connectivity index (χ0n) is 19.9. The summed E-state index contributed by atoms with van der Waals surface area (Å²) >= 11 is 0. The van der Waals surface area contributed by atoms with E-state index in [1.165, 1.54) is 11.1 Å². The van der Waals surface area contributed by atoms with Crippen molar-refractivity contribution in [1.29, 1.82) is 0 Å². The molecule has 1 heterocycles. The van der Waals surface area contributed by atoms with Gasteiger partial charge in [-0.1, -0.05) is 48.0 Å². The molecular weight excluding hydrogens is 400 g/mol. The van der Waals surface area contributed by atoms with Crippen molar-refractivity contribution >= 4 is 5.96 Å². The van der Waals surface area contributed by atoms with Crippen molar-refractivity contribution in [2.75, 3.05) is 47.4 Å². The molecule has 2 N–H and O–H groups in total. The number of guanidine groups is 1. The minimum absolute atomic E-state index is 0.126. The van der Waals surface area contributed by atoms with Crippen LogP contribution in [-0.4, -0.2) is 58.3 Å². The number of benzene rings is 2. The van der Waals surface area contributed by atoms with Crippen LogP contribution in [0.5, 0.6) is 5.75 Å². The molecular formula is C26H38N4O2. The molecule has 1 aliphatic rings. The lowest BCUT2D eigenvalue weighted by Gasteiger charge is -2.32. The third-order valence-electron chi connectivity index (χ3n) is 5.82. The van der Waals surface area contributed by atoms with Crippen LogP contribution >= 0.6 is 0 Å². The van der Waals surface area contributed by atoms with Crippen LogP contribution in [0.2, 0.25) is 0 Å². The first-order valence-corrected chi connectivity index (χ1v) is 11.5. The number of nitrogens with zero attached hydrogens (tertiary/aromatic N) is 2. The van der Waals surface area contributed by atoms with Gasteiger partial charge in [-0.3, -0.25) is 4.99 Å². The molecule has 6 nitrogen and oxygen atoms in total. The van der Waals surface area contributed by atoms with Crippen LogP contribution in [0.15, 0.2) is 53.5 Å². The van der Waals surface area contributed by atoms with Gasteiger partial charge in [0.1, 0.15) is 12.4 Å². The SMILES string of the molecule is CN=C(NCc1ccccc1OCCN(C)C)NCC1CCCOC1c1ccc(C)cc1. The lowest BCUT2D eigenvalue weighted by atomic mass is 9.89. The summed E-state index contributed by atoms with van der Waals surface area (Å²) in [6.07, 6.45) is 2.37. The van der Waals surface area contributed by atoms with E-state index >= 15 is 0 Å². The second-order valence-corrected chi connectivity index (χ2v) is 8.67. The molecule has 0 saturated carbocycles. The molecule has 0 bridgehead atoms. The van der Waals surface area contributed by atoms with Gasteiger partial charge in [-0.2, -0.15) is 0 Å². The van der Waals surface area contributed by atoms with Gasteiger partial charge in [0.15, 0.2) is 5.96 Å². The van der Waals surface area contributed by atoms with Gasteiger partial charge < -0.3 is 25.0 Å². The average Bonchev–Trinajstić information content (AvgIpc) is 2.80. The first-order chi connectivity index (χ1) is 15.6. The van der Waals surface area contributed by atoms with E-state index in [2.05, 4.69) is 57.8 Å². The zero-order valence-corrected chi connectivity index (χ0v) is 19.9. The molecule has 32 heavy (non-hydrogen) atoms. The highest BCUT2D eigenvalue weighted by Crippen LogP contribution is 2.33. The molecule has 0 aromatic heterocycles. The predicted molar refractivity (Wildman–Crippen MR) is 131 cm³/mol. The molecule has 174 valence electrons. The van der Waals surface area contributed by atoms with Crippen LogP contribution in [0.25, 0.3) is 0 Å². The monoisotopic (exact) mass is 438 g/mol. The maximum atomic E-state index is 6.16. The van der Waals surface area contributed by atoms with Gasteiger partial charge in [0, 0.05) is 44.8 Å². The molecule has 2 aromatic carbocycles. The molecule has 0 radical (unpaired) electrons. The molecule has 1 aliphatic heterocycles. The quantitative estimate of drug-likeness (QED) is 0.461. The van der Waals surface area contributed by atoms with Crippen molar-refractivity contribution in [3.63, 3.8) is 0 Å².